The summed E-state index contributed by atoms with van der Waals surface area (Å²) in [7, 11) is -7.14. The number of nitrogens with one attached hydrogen (secondary N) is 1. The lowest BCUT2D eigenvalue weighted by Crippen LogP contribution is -2.41. The molecule has 1 N–H and O–H groups in total. The van der Waals surface area contributed by atoms with E-state index in [0.717, 1.165) is 5.56 Å². The van der Waals surface area contributed by atoms with Crippen LogP contribution in [0.2, 0.25) is 0 Å². The van der Waals surface area contributed by atoms with Crippen LogP contribution in [0.15, 0.2) is 89.8 Å². The lowest BCUT2D eigenvalue weighted by Gasteiger charge is -2.28. The minimum Gasteiger partial charge on any atom is -0.296 e. The van der Waals surface area contributed by atoms with Crippen molar-refractivity contribution in [2.75, 3.05) is 0 Å². The Kier molecular flexibility index (Phi) is 6.97. The highest BCUT2D eigenvalue weighted by Crippen LogP contribution is 2.41. The highest BCUT2D eigenvalue weighted by Gasteiger charge is 2.36. The Morgan fingerprint density at radius 3 is 1.70 bits per heavy atom. The second kappa shape index (κ2) is 9.30. The minimum absolute atomic E-state index is 0.0997. The lowest BCUT2D eigenvalue weighted by molar-refractivity contribution is 0.506. The first-order valence-corrected chi connectivity index (χ1v) is 13.3. The summed E-state index contributed by atoms with van der Waals surface area (Å²) in [5.41, 5.74) is 0.988. The molecule has 3 aromatic rings. The largest absolute Gasteiger partial charge is 0.296 e. The number of sulfone groups is 1. The van der Waals surface area contributed by atoms with Crippen molar-refractivity contribution in [2.45, 2.75) is 37.5 Å². The maximum atomic E-state index is 14.4. The van der Waals surface area contributed by atoms with Crippen molar-refractivity contribution in [2.24, 2.45) is 5.92 Å². The topological polar surface area (TPSA) is 63.2 Å². The molecule has 30 heavy (non-hydrogen) atoms. The van der Waals surface area contributed by atoms with E-state index in [1.54, 1.807) is 48.5 Å². The molecule has 3 aromatic carbocycles. The van der Waals surface area contributed by atoms with Gasteiger partial charge in [0.25, 0.3) is 0 Å². The molecule has 0 aliphatic heterocycles. The van der Waals surface area contributed by atoms with Gasteiger partial charge in [-0.25, -0.2) is 13.5 Å². The maximum absolute atomic E-state index is 14.4. The molecule has 0 radical (unpaired) electrons. The van der Waals surface area contributed by atoms with Gasteiger partial charge >= 0.3 is 0 Å². The highest BCUT2D eigenvalue weighted by atomic mass is 32.2. The van der Waals surface area contributed by atoms with Crippen LogP contribution >= 0.6 is 7.29 Å². The zero-order valence-electron chi connectivity index (χ0n) is 17.5. The zero-order valence-corrected chi connectivity index (χ0v) is 19.2. The lowest BCUT2D eigenvalue weighted by atomic mass is 10.1. The van der Waals surface area contributed by atoms with Gasteiger partial charge in [-0.05, 0) is 55.7 Å². The Labute approximate surface area is 179 Å². The standard InChI is InChI=1S/C24H28NO3PS/c1-19(2)18-24(30(27,28)23-16-14-20(3)15-17-23)25-29(26,21-10-6-4-7-11-21)22-12-8-5-9-13-22/h4-17,19,24H,18H2,1-3H3,(H,25,26). The number of aryl methyl sites for hydroxylation is 1. The summed E-state index contributed by atoms with van der Waals surface area (Å²) in [6.45, 7) is 5.85. The second-order valence-electron chi connectivity index (χ2n) is 7.89. The van der Waals surface area contributed by atoms with E-state index < -0.39 is 22.5 Å². The van der Waals surface area contributed by atoms with Crippen molar-refractivity contribution >= 4 is 27.7 Å². The van der Waals surface area contributed by atoms with Crippen molar-refractivity contribution in [1.82, 2.24) is 5.09 Å². The molecule has 0 spiro atoms. The predicted molar refractivity (Wildman–Crippen MR) is 125 cm³/mol. The highest BCUT2D eigenvalue weighted by molar-refractivity contribution is 7.92. The quantitative estimate of drug-likeness (QED) is 0.517. The smallest absolute Gasteiger partial charge is 0.205 e. The molecule has 1 unspecified atom stereocenters. The van der Waals surface area contributed by atoms with Gasteiger partial charge in [0, 0.05) is 10.6 Å². The van der Waals surface area contributed by atoms with Crippen LogP contribution in [-0.2, 0) is 14.4 Å². The van der Waals surface area contributed by atoms with E-state index in [1.165, 1.54) is 0 Å². The summed E-state index contributed by atoms with van der Waals surface area (Å²) in [5, 5.41) is 3.31. The SMILES string of the molecule is Cc1ccc(S(=O)(=O)C(CC(C)C)NP(=O)(c2ccccc2)c2ccccc2)cc1. The molecule has 0 saturated carbocycles. The van der Waals surface area contributed by atoms with E-state index in [0.29, 0.717) is 17.0 Å². The molecule has 3 rings (SSSR count). The summed E-state index contributed by atoms with van der Waals surface area (Å²) in [6.07, 6.45) is 0.347. The van der Waals surface area contributed by atoms with E-state index in [-0.39, 0.29) is 10.8 Å². The third-order valence-electron chi connectivity index (χ3n) is 4.97. The minimum atomic E-state index is -3.75. The fourth-order valence-corrected chi connectivity index (χ4v) is 8.12. The molecule has 4 nitrogen and oxygen atoms in total. The number of benzene rings is 3. The zero-order chi connectivity index (χ0) is 21.8. The van der Waals surface area contributed by atoms with Gasteiger partial charge in [0.1, 0.15) is 5.37 Å². The second-order valence-corrected chi connectivity index (χ2v) is 12.5. The van der Waals surface area contributed by atoms with Crippen LogP contribution in [-0.4, -0.2) is 13.8 Å². The molecule has 0 aromatic heterocycles. The fourth-order valence-electron chi connectivity index (χ4n) is 3.35. The van der Waals surface area contributed by atoms with Crippen molar-refractivity contribution in [3.05, 3.63) is 90.5 Å². The third kappa shape index (κ3) is 4.92. The maximum Gasteiger partial charge on any atom is 0.205 e. The number of hydrogen-bond donors (Lipinski definition) is 1. The van der Waals surface area contributed by atoms with Crippen molar-refractivity contribution in [3.63, 3.8) is 0 Å². The van der Waals surface area contributed by atoms with Gasteiger partial charge in [0.15, 0.2) is 9.84 Å². The molecule has 1 atom stereocenters. The number of hydrogen-bond acceptors (Lipinski definition) is 3. The summed E-state index contributed by atoms with van der Waals surface area (Å²) in [4.78, 5) is 0.235. The van der Waals surface area contributed by atoms with Crippen molar-refractivity contribution in [3.8, 4) is 0 Å². The fraction of sp³-hybridized carbons (Fsp3) is 0.250. The molecule has 0 bridgehead atoms. The van der Waals surface area contributed by atoms with E-state index in [1.807, 2.05) is 57.2 Å². The van der Waals surface area contributed by atoms with Crippen molar-refractivity contribution in [1.29, 1.82) is 0 Å². The van der Waals surface area contributed by atoms with Crippen LogP contribution in [0.1, 0.15) is 25.8 Å². The van der Waals surface area contributed by atoms with Gasteiger partial charge in [-0.3, -0.25) is 4.57 Å². The van der Waals surface area contributed by atoms with E-state index in [4.69, 9.17) is 0 Å². The Morgan fingerprint density at radius 2 is 1.27 bits per heavy atom. The Balaban J connectivity index is 2.11. The van der Waals surface area contributed by atoms with Crippen LogP contribution in [0.3, 0.4) is 0 Å². The summed E-state index contributed by atoms with van der Waals surface area (Å²) < 4.78 is 41.4. The molecule has 158 valence electrons. The predicted octanol–water partition coefficient (Wildman–Crippen LogP) is 4.66. The first-order chi connectivity index (χ1) is 14.2. The first kappa shape index (κ1) is 22.5. The molecule has 6 heteroatoms. The molecule has 0 heterocycles. The Hall–Kier alpha value is -2.20. The van der Waals surface area contributed by atoms with Crippen LogP contribution in [0.25, 0.3) is 0 Å². The van der Waals surface area contributed by atoms with E-state index in [9.17, 15) is 13.0 Å². The molecule has 0 aliphatic carbocycles. The molecule has 0 saturated heterocycles. The Bertz CT molecular complexity index is 1070. The molecule has 0 fully saturated rings. The van der Waals surface area contributed by atoms with Crippen LogP contribution in [0.5, 0.6) is 0 Å². The van der Waals surface area contributed by atoms with E-state index >= 15 is 0 Å². The van der Waals surface area contributed by atoms with Gasteiger partial charge < -0.3 is 0 Å². The van der Waals surface area contributed by atoms with Gasteiger partial charge in [-0.2, -0.15) is 0 Å². The summed E-state index contributed by atoms with van der Waals surface area (Å²) in [5.74, 6) is 0.0997. The number of rotatable bonds is 8. The van der Waals surface area contributed by atoms with Crippen LogP contribution < -0.4 is 15.7 Å². The summed E-state index contributed by atoms with van der Waals surface area (Å²) >= 11 is 0. The monoisotopic (exact) mass is 441 g/mol. The van der Waals surface area contributed by atoms with Crippen molar-refractivity contribution < 1.29 is 13.0 Å². The van der Waals surface area contributed by atoms with E-state index in [2.05, 4.69) is 5.09 Å². The van der Waals surface area contributed by atoms with Crippen LogP contribution in [0.4, 0.5) is 0 Å². The van der Waals surface area contributed by atoms with Gasteiger partial charge in [-0.15, -0.1) is 0 Å². The van der Waals surface area contributed by atoms with Gasteiger partial charge in [-0.1, -0.05) is 67.9 Å². The van der Waals surface area contributed by atoms with Gasteiger partial charge in [0.05, 0.1) is 4.90 Å². The normalized spacial score (nSPS) is 13.3. The Morgan fingerprint density at radius 1 is 0.800 bits per heavy atom. The average Bonchev–Trinajstić information content (AvgIpc) is 2.74. The third-order valence-corrected chi connectivity index (χ3v) is 9.86. The molecule has 0 amide bonds. The molecule has 0 aliphatic rings. The average molecular weight is 442 g/mol. The van der Waals surface area contributed by atoms with Crippen LogP contribution in [0, 0.1) is 12.8 Å². The molecular formula is C24H28NO3PS. The molecular weight excluding hydrogens is 413 g/mol. The summed E-state index contributed by atoms with van der Waals surface area (Å²) in [6, 6.07) is 24.9. The first-order valence-electron chi connectivity index (χ1n) is 10.0. The van der Waals surface area contributed by atoms with Gasteiger partial charge in [0.2, 0.25) is 7.29 Å².